The van der Waals surface area contributed by atoms with Crippen molar-refractivity contribution in [2.45, 2.75) is 13.0 Å². The zero-order valence-corrected chi connectivity index (χ0v) is 10.9. The molecule has 0 radical (unpaired) electrons. The van der Waals surface area contributed by atoms with Crippen molar-refractivity contribution >= 4 is 11.6 Å². The van der Waals surface area contributed by atoms with Crippen LogP contribution in [0.3, 0.4) is 0 Å². The van der Waals surface area contributed by atoms with E-state index in [1.54, 1.807) is 17.1 Å². The summed E-state index contributed by atoms with van der Waals surface area (Å²) < 4.78 is 1.61. The van der Waals surface area contributed by atoms with E-state index >= 15 is 0 Å². The molecule has 2 aromatic rings. The molecule has 2 rings (SSSR count). The fourth-order valence-corrected chi connectivity index (χ4v) is 1.62. The Balaban J connectivity index is 1.90. The van der Waals surface area contributed by atoms with Crippen LogP contribution in [0.2, 0.25) is 0 Å². The maximum atomic E-state index is 11.8. The SMILES string of the molecule is NCC#Cc1cccc(NC(=O)CCn2ccnn2)c1. The van der Waals surface area contributed by atoms with Gasteiger partial charge in [0.25, 0.3) is 0 Å². The summed E-state index contributed by atoms with van der Waals surface area (Å²) in [7, 11) is 0. The van der Waals surface area contributed by atoms with E-state index in [4.69, 9.17) is 5.73 Å². The molecule has 0 saturated carbocycles. The lowest BCUT2D eigenvalue weighted by Gasteiger charge is -2.05. The second-order valence-electron chi connectivity index (χ2n) is 4.05. The lowest BCUT2D eigenvalue weighted by Crippen LogP contribution is -2.14. The fourth-order valence-electron chi connectivity index (χ4n) is 1.62. The van der Waals surface area contributed by atoms with Crippen LogP contribution in [-0.2, 0) is 11.3 Å². The first-order valence-corrected chi connectivity index (χ1v) is 6.21. The Bertz CT molecular complexity index is 625. The summed E-state index contributed by atoms with van der Waals surface area (Å²) in [5, 5.41) is 10.3. The number of carbonyl (C=O) groups is 1. The van der Waals surface area contributed by atoms with Gasteiger partial charge in [-0.15, -0.1) is 5.10 Å². The largest absolute Gasteiger partial charge is 0.326 e. The van der Waals surface area contributed by atoms with Crippen LogP contribution in [-0.4, -0.2) is 27.4 Å². The molecule has 0 aliphatic heterocycles. The summed E-state index contributed by atoms with van der Waals surface area (Å²) in [6.07, 6.45) is 3.63. The predicted molar refractivity (Wildman–Crippen MR) is 75.6 cm³/mol. The van der Waals surface area contributed by atoms with E-state index in [0.29, 0.717) is 19.5 Å². The van der Waals surface area contributed by atoms with Crippen molar-refractivity contribution < 1.29 is 4.79 Å². The minimum absolute atomic E-state index is 0.0792. The third kappa shape index (κ3) is 4.23. The molecule has 1 aromatic carbocycles. The van der Waals surface area contributed by atoms with E-state index in [1.165, 1.54) is 0 Å². The molecule has 0 fully saturated rings. The van der Waals surface area contributed by atoms with Crippen LogP contribution in [0.5, 0.6) is 0 Å². The smallest absolute Gasteiger partial charge is 0.226 e. The first-order chi connectivity index (χ1) is 9.78. The van der Waals surface area contributed by atoms with Gasteiger partial charge in [0.15, 0.2) is 0 Å². The molecule has 1 heterocycles. The highest BCUT2D eigenvalue weighted by molar-refractivity contribution is 5.90. The molecule has 1 aromatic heterocycles. The second kappa shape index (κ2) is 7.07. The van der Waals surface area contributed by atoms with Crippen molar-refractivity contribution in [3.63, 3.8) is 0 Å². The van der Waals surface area contributed by atoms with Crippen LogP contribution >= 0.6 is 0 Å². The first kappa shape index (κ1) is 13.8. The van der Waals surface area contributed by atoms with Crippen molar-refractivity contribution in [3.05, 3.63) is 42.2 Å². The number of nitrogens with zero attached hydrogens (tertiary/aromatic N) is 3. The summed E-state index contributed by atoms with van der Waals surface area (Å²) in [6, 6.07) is 7.35. The van der Waals surface area contributed by atoms with E-state index < -0.39 is 0 Å². The van der Waals surface area contributed by atoms with Crippen molar-refractivity contribution in [1.82, 2.24) is 15.0 Å². The lowest BCUT2D eigenvalue weighted by molar-refractivity contribution is -0.116. The van der Waals surface area contributed by atoms with Crippen LogP contribution in [0, 0.1) is 11.8 Å². The van der Waals surface area contributed by atoms with Crippen LogP contribution in [0.25, 0.3) is 0 Å². The highest BCUT2D eigenvalue weighted by Gasteiger charge is 2.03. The van der Waals surface area contributed by atoms with Gasteiger partial charge in [0.1, 0.15) is 0 Å². The van der Waals surface area contributed by atoms with Crippen LogP contribution in [0.15, 0.2) is 36.7 Å². The van der Waals surface area contributed by atoms with Gasteiger partial charge in [-0.25, -0.2) is 0 Å². The Kier molecular flexibility index (Phi) is 4.87. The molecule has 0 spiro atoms. The van der Waals surface area contributed by atoms with Gasteiger partial charge in [-0.2, -0.15) is 0 Å². The lowest BCUT2D eigenvalue weighted by atomic mass is 10.2. The third-order valence-corrected chi connectivity index (χ3v) is 2.52. The predicted octanol–water partition coefficient (Wildman–Crippen LogP) is 0.617. The fraction of sp³-hybridized carbons (Fsp3) is 0.214. The Morgan fingerprint density at radius 2 is 2.35 bits per heavy atom. The zero-order valence-electron chi connectivity index (χ0n) is 10.9. The average molecular weight is 269 g/mol. The summed E-state index contributed by atoms with van der Waals surface area (Å²) in [4.78, 5) is 11.8. The topological polar surface area (TPSA) is 85.8 Å². The molecule has 6 nitrogen and oxygen atoms in total. The first-order valence-electron chi connectivity index (χ1n) is 6.21. The summed E-state index contributed by atoms with van der Waals surface area (Å²) >= 11 is 0. The number of aryl methyl sites for hydroxylation is 1. The Morgan fingerprint density at radius 3 is 3.10 bits per heavy atom. The van der Waals surface area contributed by atoms with E-state index in [9.17, 15) is 4.79 Å². The maximum absolute atomic E-state index is 11.8. The van der Waals surface area contributed by atoms with Crippen molar-refractivity contribution in [1.29, 1.82) is 0 Å². The molecule has 0 aliphatic carbocycles. The molecule has 0 unspecified atom stereocenters. The maximum Gasteiger partial charge on any atom is 0.226 e. The van der Waals surface area contributed by atoms with E-state index in [0.717, 1.165) is 11.3 Å². The van der Waals surface area contributed by atoms with Gasteiger partial charge < -0.3 is 11.1 Å². The molecule has 102 valence electrons. The van der Waals surface area contributed by atoms with Crippen LogP contribution in [0.1, 0.15) is 12.0 Å². The molecule has 6 heteroatoms. The van der Waals surface area contributed by atoms with E-state index in [-0.39, 0.29) is 5.91 Å². The second-order valence-corrected chi connectivity index (χ2v) is 4.05. The highest BCUT2D eigenvalue weighted by atomic mass is 16.1. The Morgan fingerprint density at radius 1 is 1.45 bits per heavy atom. The molecule has 20 heavy (non-hydrogen) atoms. The summed E-state index contributed by atoms with van der Waals surface area (Å²) in [5.74, 6) is 5.62. The number of carbonyl (C=O) groups excluding carboxylic acids is 1. The van der Waals surface area contributed by atoms with Crippen LogP contribution < -0.4 is 11.1 Å². The number of nitrogens with two attached hydrogens (primary N) is 1. The van der Waals surface area contributed by atoms with Gasteiger partial charge in [0.05, 0.1) is 19.3 Å². The van der Waals surface area contributed by atoms with E-state index in [1.807, 2.05) is 24.3 Å². The summed E-state index contributed by atoms with van der Waals surface area (Å²) in [6.45, 7) is 0.812. The number of anilines is 1. The monoisotopic (exact) mass is 269 g/mol. The quantitative estimate of drug-likeness (QED) is 0.797. The molecule has 0 atom stereocenters. The number of nitrogens with one attached hydrogen (secondary N) is 1. The van der Waals surface area contributed by atoms with Crippen molar-refractivity contribution in [2.75, 3.05) is 11.9 Å². The Labute approximate surface area is 117 Å². The summed E-state index contributed by atoms with van der Waals surface area (Å²) in [5.41, 5.74) is 6.87. The number of amides is 1. The molecule has 1 amide bonds. The molecule has 3 N–H and O–H groups in total. The standard InChI is InChI=1S/C14H15N5O/c15-7-2-4-12-3-1-5-13(11-12)17-14(20)6-9-19-10-8-16-18-19/h1,3,5,8,10-11H,6-7,9,15H2,(H,17,20). The van der Waals surface area contributed by atoms with Gasteiger partial charge in [-0.3, -0.25) is 9.48 Å². The highest BCUT2D eigenvalue weighted by Crippen LogP contribution is 2.10. The molecule has 0 bridgehead atoms. The van der Waals surface area contributed by atoms with Crippen LogP contribution in [0.4, 0.5) is 5.69 Å². The average Bonchev–Trinajstić information content (AvgIpc) is 2.97. The Hall–Kier alpha value is -2.65. The normalized spacial score (nSPS) is 9.65. The number of hydrogen-bond acceptors (Lipinski definition) is 4. The molecular weight excluding hydrogens is 254 g/mol. The van der Waals surface area contributed by atoms with Gasteiger partial charge in [-0.05, 0) is 18.2 Å². The van der Waals surface area contributed by atoms with E-state index in [2.05, 4.69) is 27.5 Å². The number of rotatable bonds is 4. The van der Waals surface area contributed by atoms with Crippen molar-refractivity contribution in [2.24, 2.45) is 5.73 Å². The van der Waals surface area contributed by atoms with Gasteiger partial charge >= 0.3 is 0 Å². The molecular formula is C14H15N5O. The van der Waals surface area contributed by atoms with Gasteiger partial charge in [0, 0.05) is 23.9 Å². The number of benzene rings is 1. The number of aromatic nitrogens is 3. The minimum Gasteiger partial charge on any atom is -0.326 e. The minimum atomic E-state index is -0.0792. The molecule has 0 saturated heterocycles. The van der Waals surface area contributed by atoms with Crippen molar-refractivity contribution in [3.8, 4) is 11.8 Å². The number of hydrogen-bond donors (Lipinski definition) is 2. The van der Waals surface area contributed by atoms with Gasteiger partial charge in [-0.1, -0.05) is 23.1 Å². The zero-order chi connectivity index (χ0) is 14.2. The molecule has 0 aliphatic rings. The third-order valence-electron chi connectivity index (χ3n) is 2.52. The van der Waals surface area contributed by atoms with Gasteiger partial charge in [0.2, 0.25) is 5.91 Å².